The van der Waals surface area contributed by atoms with Crippen LogP contribution in [0.2, 0.25) is 0 Å². The largest absolute Gasteiger partial charge is 0.348 e. The molecule has 0 saturated heterocycles. The van der Waals surface area contributed by atoms with Crippen LogP contribution < -0.4 is 5.32 Å². The number of aryl methyl sites for hydroxylation is 1. The average molecular weight is 354 g/mol. The van der Waals surface area contributed by atoms with Crippen molar-refractivity contribution in [3.8, 4) is 11.1 Å². The van der Waals surface area contributed by atoms with Crippen molar-refractivity contribution in [1.82, 2.24) is 20.3 Å². The maximum Gasteiger partial charge on any atom is 0.253 e. The molecule has 0 fully saturated rings. The van der Waals surface area contributed by atoms with E-state index in [1.54, 1.807) is 18.6 Å². The number of carbonyl (C=O) groups excluding carboxylic acids is 1. The zero-order valence-electron chi connectivity index (χ0n) is 14.9. The van der Waals surface area contributed by atoms with Gasteiger partial charge < -0.3 is 5.32 Å². The number of hydrogen-bond donors (Lipinski definition) is 1. The number of aromatic nitrogens is 3. The summed E-state index contributed by atoms with van der Waals surface area (Å²) in [5, 5.41) is 3.84. The summed E-state index contributed by atoms with van der Waals surface area (Å²) in [5.41, 5.74) is 5.12. The highest BCUT2D eigenvalue weighted by atomic mass is 16.1. The molecule has 3 aromatic heterocycles. The molecule has 0 bridgehead atoms. The third-order valence-corrected chi connectivity index (χ3v) is 4.42. The van der Waals surface area contributed by atoms with E-state index in [1.807, 2.05) is 55.5 Å². The zero-order chi connectivity index (χ0) is 18.6. The topological polar surface area (TPSA) is 67.8 Å². The Bertz CT molecular complexity index is 1110. The molecule has 0 unspecified atom stereocenters. The van der Waals surface area contributed by atoms with E-state index in [1.165, 1.54) is 0 Å². The van der Waals surface area contributed by atoms with Gasteiger partial charge in [0.25, 0.3) is 5.91 Å². The second-order valence-electron chi connectivity index (χ2n) is 6.29. The van der Waals surface area contributed by atoms with Gasteiger partial charge in [-0.1, -0.05) is 18.2 Å². The summed E-state index contributed by atoms with van der Waals surface area (Å²) in [6, 6.07) is 17.6. The van der Waals surface area contributed by atoms with Gasteiger partial charge in [0.1, 0.15) is 0 Å². The lowest BCUT2D eigenvalue weighted by Crippen LogP contribution is -2.24. The first-order valence-electron chi connectivity index (χ1n) is 8.70. The third kappa shape index (κ3) is 3.67. The minimum Gasteiger partial charge on any atom is -0.348 e. The van der Waals surface area contributed by atoms with Crippen molar-refractivity contribution in [3.63, 3.8) is 0 Å². The van der Waals surface area contributed by atoms with Crippen LogP contribution in [0.1, 0.15) is 21.6 Å². The predicted octanol–water partition coefficient (Wildman–Crippen LogP) is 3.93. The molecular formula is C22H18N4O. The van der Waals surface area contributed by atoms with Gasteiger partial charge in [-0.15, -0.1) is 0 Å². The number of amides is 1. The highest BCUT2D eigenvalue weighted by Crippen LogP contribution is 2.20. The standard InChI is InChI=1S/C22H18N4O/c1-15-20(13-19-6-3-9-24-21(19)26-15)22(27)25-14-16-4-2-5-18(12-16)17-7-10-23-11-8-17/h2-13H,14H2,1H3,(H,25,27). The SMILES string of the molecule is Cc1nc2ncccc2cc1C(=O)NCc1cccc(-c2ccncc2)c1. The van der Waals surface area contributed by atoms with Crippen LogP contribution in [-0.2, 0) is 6.54 Å². The lowest BCUT2D eigenvalue weighted by atomic mass is 10.0. The molecule has 0 aliphatic carbocycles. The molecule has 0 aliphatic heterocycles. The van der Waals surface area contributed by atoms with Crippen molar-refractivity contribution in [3.05, 3.63) is 90.0 Å². The van der Waals surface area contributed by atoms with Crippen molar-refractivity contribution in [2.45, 2.75) is 13.5 Å². The lowest BCUT2D eigenvalue weighted by molar-refractivity contribution is 0.0950. The molecule has 1 aromatic carbocycles. The molecule has 0 saturated carbocycles. The average Bonchev–Trinajstić information content (AvgIpc) is 2.72. The van der Waals surface area contributed by atoms with Crippen LogP contribution in [0.4, 0.5) is 0 Å². The van der Waals surface area contributed by atoms with Gasteiger partial charge in [0.05, 0.1) is 11.3 Å². The molecule has 0 aliphatic rings. The Balaban J connectivity index is 1.52. The Morgan fingerprint density at radius 3 is 2.67 bits per heavy atom. The number of hydrogen-bond acceptors (Lipinski definition) is 4. The van der Waals surface area contributed by atoms with E-state index in [2.05, 4.69) is 26.3 Å². The van der Waals surface area contributed by atoms with E-state index in [-0.39, 0.29) is 5.91 Å². The minimum atomic E-state index is -0.139. The summed E-state index contributed by atoms with van der Waals surface area (Å²) in [6.07, 6.45) is 5.24. The zero-order valence-corrected chi connectivity index (χ0v) is 14.9. The molecule has 132 valence electrons. The van der Waals surface area contributed by atoms with E-state index in [0.29, 0.717) is 23.4 Å². The third-order valence-electron chi connectivity index (χ3n) is 4.42. The van der Waals surface area contributed by atoms with E-state index in [4.69, 9.17) is 0 Å². The molecular weight excluding hydrogens is 336 g/mol. The van der Waals surface area contributed by atoms with Crippen molar-refractivity contribution in [2.24, 2.45) is 0 Å². The molecule has 5 heteroatoms. The maximum atomic E-state index is 12.7. The van der Waals surface area contributed by atoms with Crippen LogP contribution in [0.3, 0.4) is 0 Å². The first-order valence-corrected chi connectivity index (χ1v) is 8.70. The number of fused-ring (bicyclic) bond motifs is 1. The molecule has 5 nitrogen and oxygen atoms in total. The van der Waals surface area contributed by atoms with Gasteiger partial charge >= 0.3 is 0 Å². The molecule has 1 N–H and O–H groups in total. The lowest BCUT2D eigenvalue weighted by Gasteiger charge is -2.10. The molecule has 1 amide bonds. The van der Waals surface area contributed by atoms with Crippen LogP contribution in [0.15, 0.2) is 73.2 Å². The van der Waals surface area contributed by atoms with Crippen LogP contribution in [0.5, 0.6) is 0 Å². The highest BCUT2D eigenvalue weighted by Gasteiger charge is 2.12. The van der Waals surface area contributed by atoms with Crippen LogP contribution in [-0.4, -0.2) is 20.9 Å². The highest BCUT2D eigenvalue weighted by molar-refractivity contribution is 5.98. The Morgan fingerprint density at radius 2 is 1.81 bits per heavy atom. The van der Waals surface area contributed by atoms with Crippen molar-refractivity contribution >= 4 is 16.9 Å². The van der Waals surface area contributed by atoms with Gasteiger partial charge in [-0.2, -0.15) is 0 Å². The number of nitrogens with one attached hydrogen (secondary N) is 1. The smallest absolute Gasteiger partial charge is 0.253 e. The fraction of sp³-hybridized carbons (Fsp3) is 0.0909. The fourth-order valence-corrected chi connectivity index (χ4v) is 3.01. The summed E-state index contributed by atoms with van der Waals surface area (Å²) in [7, 11) is 0. The summed E-state index contributed by atoms with van der Waals surface area (Å²) in [6.45, 7) is 2.27. The van der Waals surface area contributed by atoms with Gasteiger partial charge in [0.2, 0.25) is 0 Å². The van der Waals surface area contributed by atoms with E-state index in [0.717, 1.165) is 22.1 Å². The second-order valence-corrected chi connectivity index (χ2v) is 6.29. The molecule has 3 heterocycles. The molecule has 0 atom stereocenters. The summed E-state index contributed by atoms with van der Waals surface area (Å²) < 4.78 is 0. The van der Waals surface area contributed by atoms with E-state index >= 15 is 0 Å². The van der Waals surface area contributed by atoms with Gasteiger partial charge in [-0.3, -0.25) is 9.78 Å². The molecule has 4 rings (SSSR count). The quantitative estimate of drug-likeness (QED) is 0.603. The number of benzene rings is 1. The van der Waals surface area contributed by atoms with Gasteiger partial charge in [-0.25, -0.2) is 9.97 Å². The van der Waals surface area contributed by atoms with E-state index in [9.17, 15) is 4.79 Å². The second kappa shape index (κ2) is 7.33. The van der Waals surface area contributed by atoms with Crippen LogP contribution in [0.25, 0.3) is 22.2 Å². The van der Waals surface area contributed by atoms with E-state index < -0.39 is 0 Å². The Kier molecular flexibility index (Phi) is 4.58. The predicted molar refractivity (Wildman–Crippen MR) is 105 cm³/mol. The molecule has 4 aromatic rings. The summed E-state index contributed by atoms with van der Waals surface area (Å²) >= 11 is 0. The normalized spacial score (nSPS) is 10.7. The summed E-state index contributed by atoms with van der Waals surface area (Å²) in [4.78, 5) is 25.4. The van der Waals surface area contributed by atoms with Crippen molar-refractivity contribution in [1.29, 1.82) is 0 Å². The molecule has 0 radical (unpaired) electrons. The van der Waals surface area contributed by atoms with Crippen molar-refractivity contribution < 1.29 is 4.79 Å². The monoisotopic (exact) mass is 354 g/mol. The van der Waals surface area contributed by atoms with Gasteiger partial charge in [0, 0.05) is 30.5 Å². The maximum absolute atomic E-state index is 12.7. The first-order chi connectivity index (χ1) is 13.2. The van der Waals surface area contributed by atoms with Gasteiger partial charge in [0.15, 0.2) is 5.65 Å². The van der Waals surface area contributed by atoms with Crippen molar-refractivity contribution in [2.75, 3.05) is 0 Å². The first kappa shape index (κ1) is 16.8. The van der Waals surface area contributed by atoms with Crippen LogP contribution in [0, 0.1) is 6.92 Å². The number of pyridine rings is 3. The van der Waals surface area contributed by atoms with Crippen LogP contribution >= 0.6 is 0 Å². The summed E-state index contributed by atoms with van der Waals surface area (Å²) in [5.74, 6) is -0.139. The minimum absolute atomic E-state index is 0.139. The fourth-order valence-electron chi connectivity index (χ4n) is 3.01. The Hall–Kier alpha value is -3.60. The number of carbonyl (C=O) groups is 1. The number of rotatable bonds is 4. The molecule has 0 spiro atoms. The Labute approximate surface area is 157 Å². The molecule has 27 heavy (non-hydrogen) atoms. The Morgan fingerprint density at radius 1 is 0.963 bits per heavy atom. The van der Waals surface area contributed by atoms with Gasteiger partial charge in [-0.05, 0) is 60.0 Å². The number of nitrogens with zero attached hydrogens (tertiary/aromatic N) is 3.